The maximum atomic E-state index is 10.2. The van der Waals surface area contributed by atoms with E-state index in [0.717, 1.165) is 0 Å². The summed E-state index contributed by atoms with van der Waals surface area (Å²) in [7, 11) is 1.67. The number of carbonyl (C=O) groups is 1. The number of carboxylic acids is 1. The lowest BCUT2D eigenvalue weighted by molar-refractivity contribution is -0.138. The van der Waals surface area contributed by atoms with E-state index in [0.29, 0.717) is 13.0 Å². The van der Waals surface area contributed by atoms with Gasteiger partial charge in [-0.05, 0) is 13.5 Å². The van der Waals surface area contributed by atoms with E-state index in [-0.39, 0.29) is 6.54 Å². The van der Waals surface area contributed by atoms with E-state index in [2.05, 4.69) is 0 Å². The van der Waals surface area contributed by atoms with Crippen LogP contribution in [0.25, 0.3) is 0 Å². The quantitative estimate of drug-likeness (QED) is 0.585. The lowest BCUT2D eigenvalue weighted by Gasteiger charge is -2.16. The Morgan fingerprint density at radius 1 is 1.64 bits per heavy atom. The molecule has 4 heteroatoms. The Balaban J connectivity index is 3.51. The molecule has 0 heterocycles. The molecule has 0 amide bonds. The van der Waals surface area contributed by atoms with Gasteiger partial charge in [-0.15, -0.1) is 0 Å². The van der Waals surface area contributed by atoms with Gasteiger partial charge in [-0.2, -0.15) is 0 Å². The SMILES string of the molecule is CC[C@@H](O)CN(C)CC(=O)O. The molecule has 0 aromatic carbocycles. The predicted molar refractivity (Wildman–Crippen MR) is 41.4 cm³/mol. The minimum absolute atomic E-state index is 0.0168. The van der Waals surface area contributed by atoms with Crippen molar-refractivity contribution in [1.82, 2.24) is 4.90 Å². The second-order valence-corrected chi connectivity index (χ2v) is 2.65. The number of aliphatic hydroxyl groups excluding tert-OH is 1. The molecule has 66 valence electrons. The van der Waals surface area contributed by atoms with Crippen LogP contribution in [0.4, 0.5) is 0 Å². The van der Waals surface area contributed by atoms with Crippen molar-refractivity contribution in [2.75, 3.05) is 20.1 Å². The van der Waals surface area contributed by atoms with Gasteiger partial charge in [-0.3, -0.25) is 9.69 Å². The first-order valence-corrected chi connectivity index (χ1v) is 3.64. The van der Waals surface area contributed by atoms with Gasteiger partial charge < -0.3 is 10.2 Å². The summed E-state index contributed by atoms with van der Waals surface area (Å²) in [6.45, 7) is 2.26. The molecule has 2 N–H and O–H groups in total. The highest BCUT2D eigenvalue weighted by atomic mass is 16.4. The number of aliphatic carboxylic acids is 1. The van der Waals surface area contributed by atoms with Crippen molar-refractivity contribution in [2.45, 2.75) is 19.4 Å². The molecule has 0 aliphatic rings. The third kappa shape index (κ3) is 5.82. The Hall–Kier alpha value is -0.610. The molecule has 0 rings (SSSR count). The number of carboxylic acid groups (broad SMARTS) is 1. The zero-order valence-electron chi connectivity index (χ0n) is 6.95. The largest absolute Gasteiger partial charge is 0.480 e. The van der Waals surface area contributed by atoms with Gasteiger partial charge in [0.15, 0.2) is 0 Å². The molecule has 0 saturated heterocycles. The van der Waals surface area contributed by atoms with E-state index in [4.69, 9.17) is 10.2 Å². The number of rotatable bonds is 5. The third-order valence-electron chi connectivity index (χ3n) is 1.40. The standard InChI is InChI=1S/C7H15NO3/c1-3-6(9)4-8(2)5-7(10)11/h6,9H,3-5H2,1-2H3,(H,10,11)/t6-/m1/s1. The Morgan fingerprint density at radius 3 is 2.55 bits per heavy atom. The summed E-state index contributed by atoms with van der Waals surface area (Å²) in [5, 5.41) is 17.5. The van der Waals surface area contributed by atoms with Gasteiger partial charge >= 0.3 is 5.97 Å². The summed E-state index contributed by atoms with van der Waals surface area (Å²) in [5.74, 6) is -0.865. The van der Waals surface area contributed by atoms with Gasteiger partial charge in [-0.1, -0.05) is 6.92 Å². The highest BCUT2D eigenvalue weighted by molar-refractivity contribution is 5.68. The minimum Gasteiger partial charge on any atom is -0.480 e. The molecular formula is C7H15NO3. The normalized spacial score (nSPS) is 13.5. The highest BCUT2D eigenvalue weighted by Crippen LogP contribution is 1.92. The molecule has 0 fully saturated rings. The van der Waals surface area contributed by atoms with E-state index in [1.807, 2.05) is 6.92 Å². The van der Waals surface area contributed by atoms with E-state index in [1.165, 1.54) is 0 Å². The monoisotopic (exact) mass is 161 g/mol. The molecule has 0 bridgehead atoms. The average molecular weight is 161 g/mol. The maximum Gasteiger partial charge on any atom is 0.317 e. The van der Waals surface area contributed by atoms with Crippen LogP contribution < -0.4 is 0 Å². The smallest absolute Gasteiger partial charge is 0.317 e. The van der Waals surface area contributed by atoms with Crippen molar-refractivity contribution >= 4 is 5.97 Å². The lowest BCUT2D eigenvalue weighted by Crippen LogP contribution is -2.32. The third-order valence-corrected chi connectivity index (χ3v) is 1.40. The van der Waals surface area contributed by atoms with E-state index in [9.17, 15) is 4.79 Å². The van der Waals surface area contributed by atoms with Crippen LogP contribution in [-0.2, 0) is 4.79 Å². The molecule has 0 aromatic rings. The number of nitrogens with zero attached hydrogens (tertiary/aromatic N) is 1. The van der Waals surface area contributed by atoms with Crippen LogP contribution in [0.3, 0.4) is 0 Å². The fraction of sp³-hybridized carbons (Fsp3) is 0.857. The summed E-state index contributed by atoms with van der Waals surface area (Å²) in [6, 6.07) is 0. The molecule has 0 spiro atoms. The first-order chi connectivity index (χ1) is 5.06. The molecule has 11 heavy (non-hydrogen) atoms. The van der Waals surface area contributed by atoms with Crippen molar-refractivity contribution in [2.24, 2.45) is 0 Å². The fourth-order valence-corrected chi connectivity index (χ4v) is 0.784. The summed E-state index contributed by atoms with van der Waals surface area (Å²) >= 11 is 0. The molecular weight excluding hydrogens is 146 g/mol. The van der Waals surface area contributed by atoms with Crippen LogP contribution in [0.15, 0.2) is 0 Å². The molecule has 0 saturated carbocycles. The number of aliphatic hydroxyl groups is 1. The lowest BCUT2D eigenvalue weighted by atomic mass is 10.2. The second kappa shape index (κ2) is 5.09. The molecule has 0 aliphatic heterocycles. The van der Waals surface area contributed by atoms with Crippen molar-refractivity contribution < 1.29 is 15.0 Å². The van der Waals surface area contributed by atoms with Crippen LogP contribution >= 0.6 is 0 Å². The van der Waals surface area contributed by atoms with Crippen LogP contribution in [-0.4, -0.2) is 47.3 Å². The van der Waals surface area contributed by atoms with Crippen molar-refractivity contribution in [1.29, 1.82) is 0 Å². The minimum atomic E-state index is -0.865. The van der Waals surface area contributed by atoms with Gasteiger partial charge in [0.05, 0.1) is 12.6 Å². The predicted octanol–water partition coefficient (Wildman–Crippen LogP) is -0.226. The molecule has 1 atom stereocenters. The molecule has 0 aliphatic carbocycles. The summed E-state index contributed by atoms with van der Waals surface area (Å²) < 4.78 is 0. The average Bonchev–Trinajstić information content (AvgIpc) is 1.85. The van der Waals surface area contributed by atoms with Gasteiger partial charge in [0.2, 0.25) is 0 Å². The Morgan fingerprint density at radius 2 is 2.18 bits per heavy atom. The van der Waals surface area contributed by atoms with Gasteiger partial charge in [0.25, 0.3) is 0 Å². The summed E-state index contributed by atoms with van der Waals surface area (Å²) in [5.41, 5.74) is 0. The number of hydrogen-bond acceptors (Lipinski definition) is 3. The Bertz CT molecular complexity index is 127. The zero-order chi connectivity index (χ0) is 8.85. The number of hydrogen-bond donors (Lipinski definition) is 2. The highest BCUT2D eigenvalue weighted by Gasteiger charge is 2.08. The van der Waals surface area contributed by atoms with Crippen molar-refractivity contribution in [3.8, 4) is 0 Å². The van der Waals surface area contributed by atoms with Crippen molar-refractivity contribution in [3.63, 3.8) is 0 Å². The molecule has 0 aromatic heterocycles. The Kier molecular flexibility index (Phi) is 4.81. The fourth-order valence-electron chi connectivity index (χ4n) is 0.784. The van der Waals surface area contributed by atoms with Gasteiger partial charge in [-0.25, -0.2) is 0 Å². The first-order valence-electron chi connectivity index (χ1n) is 3.64. The first kappa shape index (κ1) is 10.4. The maximum absolute atomic E-state index is 10.2. The van der Waals surface area contributed by atoms with Crippen LogP contribution in [0.5, 0.6) is 0 Å². The zero-order valence-corrected chi connectivity index (χ0v) is 6.95. The molecule has 4 nitrogen and oxygen atoms in total. The summed E-state index contributed by atoms with van der Waals surface area (Å²) in [6.07, 6.45) is 0.239. The van der Waals surface area contributed by atoms with E-state index < -0.39 is 12.1 Å². The Labute approximate surface area is 66.4 Å². The van der Waals surface area contributed by atoms with Crippen molar-refractivity contribution in [3.05, 3.63) is 0 Å². The number of likely N-dealkylation sites (N-methyl/N-ethyl adjacent to an activating group) is 1. The molecule has 0 unspecified atom stereocenters. The summed E-state index contributed by atoms with van der Waals surface area (Å²) in [4.78, 5) is 11.7. The van der Waals surface area contributed by atoms with Gasteiger partial charge in [0.1, 0.15) is 0 Å². The topological polar surface area (TPSA) is 60.8 Å². The van der Waals surface area contributed by atoms with Crippen LogP contribution in [0.2, 0.25) is 0 Å². The van der Waals surface area contributed by atoms with Gasteiger partial charge in [0, 0.05) is 6.54 Å². The van der Waals surface area contributed by atoms with E-state index >= 15 is 0 Å². The van der Waals surface area contributed by atoms with E-state index in [1.54, 1.807) is 11.9 Å². The second-order valence-electron chi connectivity index (χ2n) is 2.65. The van der Waals surface area contributed by atoms with Crippen LogP contribution in [0, 0.1) is 0 Å². The van der Waals surface area contributed by atoms with Crippen LogP contribution in [0.1, 0.15) is 13.3 Å². The molecule has 0 radical (unpaired) electrons.